The van der Waals surface area contributed by atoms with Crippen LogP contribution in [0.2, 0.25) is 0 Å². The maximum absolute atomic E-state index is 13.1. The Morgan fingerprint density at radius 1 is 1.27 bits per heavy atom. The van der Waals surface area contributed by atoms with E-state index < -0.39 is 0 Å². The molecule has 2 aliphatic heterocycles. The summed E-state index contributed by atoms with van der Waals surface area (Å²) in [6.07, 6.45) is 0.0835. The summed E-state index contributed by atoms with van der Waals surface area (Å²) in [6.45, 7) is 3.51. The Balaban J connectivity index is 1.44. The Labute approximate surface area is 128 Å². The SMILES string of the molecule is O=C(Cc1cccc(F)c1)NCC(=O)N1C[C@H]2CNC[C@H]2C1. The molecule has 2 saturated heterocycles. The minimum absolute atomic E-state index is 0.0149. The molecule has 0 saturated carbocycles. The molecule has 2 amide bonds. The maximum atomic E-state index is 13.1. The van der Waals surface area contributed by atoms with Gasteiger partial charge in [-0.1, -0.05) is 12.1 Å². The summed E-state index contributed by atoms with van der Waals surface area (Å²) in [5.41, 5.74) is 0.603. The Bertz CT molecular complexity index is 566. The Morgan fingerprint density at radius 3 is 2.68 bits per heavy atom. The first-order valence-electron chi connectivity index (χ1n) is 7.61. The topological polar surface area (TPSA) is 61.4 Å². The van der Waals surface area contributed by atoms with E-state index in [2.05, 4.69) is 10.6 Å². The van der Waals surface area contributed by atoms with Crippen molar-refractivity contribution in [3.05, 3.63) is 35.6 Å². The highest BCUT2D eigenvalue weighted by atomic mass is 19.1. The molecule has 22 heavy (non-hydrogen) atoms. The maximum Gasteiger partial charge on any atom is 0.241 e. The van der Waals surface area contributed by atoms with Gasteiger partial charge in [0.2, 0.25) is 11.8 Å². The summed E-state index contributed by atoms with van der Waals surface area (Å²) in [7, 11) is 0. The van der Waals surface area contributed by atoms with E-state index in [4.69, 9.17) is 0 Å². The lowest BCUT2D eigenvalue weighted by molar-refractivity contribution is -0.132. The van der Waals surface area contributed by atoms with E-state index in [9.17, 15) is 14.0 Å². The van der Waals surface area contributed by atoms with Crippen LogP contribution in [0.5, 0.6) is 0 Å². The molecule has 2 N–H and O–H groups in total. The number of hydrogen-bond acceptors (Lipinski definition) is 3. The van der Waals surface area contributed by atoms with Crippen LogP contribution >= 0.6 is 0 Å². The van der Waals surface area contributed by atoms with E-state index in [1.54, 1.807) is 12.1 Å². The number of fused-ring (bicyclic) bond motifs is 1. The van der Waals surface area contributed by atoms with E-state index in [0.29, 0.717) is 17.4 Å². The second-order valence-electron chi connectivity index (χ2n) is 6.06. The van der Waals surface area contributed by atoms with E-state index >= 15 is 0 Å². The Morgan fingerprint density at radius 2 is 2.00 bits per heavy atom. The molecule has 3 rings (SSSR count). The van der Waals surface area contributed by atoms with Crippen LogP contribution in [0, 0.1) is 17.7 Å². The second kappa shape index (κ2) is 6.44. The highest BCUT2D eigenvalue weighted by Gasteiger charge is 2.37. The summed E-state index contributed by atoms with van der Waals surface area (Å²) >= 11 is 0. The van der Waals surface area contributed by atoms with Gasteiger partial charge < -0.3 is 15.5 Å². The Kier molecular flexibility index (Phi) is 4.38. The number of rotatable bonds is 4. The van der Waals surface area contributed by atoms with E-state index in [-0.39, 0.29) is 30.6 Å². The number of hydrogen-bond donors (Lipinski definition) is 2. The molecule has 5 nitrogen and oxygen atoms in total. The van der Waals surface area contributed by atoms with Gasteiger partial charge in [0.25, 0.3) is 0 Å². The molecule has 0 spiro atoms. The van der Waals surface area contributed by atoms with Gasteiger partial charge in [-0.25, -0.2) is 4.39 Å². The molecule has 6 heteroatoms. The molecule has 2 heterocycles. The zero-order valence-electron chi connectivity index (χ0n) is 12.3. The molecule has 0 aromatic heterocycles. The van der Waals surface area contributed by atoms with E-state index in [1.807, 2.05) is 4.90 Å². The molecular formula is C16H20FN3O2. The van der Waals surface area contributed by atoms with Crippen LogP contribution in [0.25, 0.3) is 0 Å². The predicted octanol–water partition coefficient (Wildman–Crippen LogP) is 0.162. The van der Waals surface area contributed by atoms with Gasteiger partial charge in [0.1, 0.15) is 5.82 Å². The van der Waals surface area contributed by atoms with Crippen molar-refractivity contribution in [3.8, 4) is 0 Å². The first-order valence-corrected chi connectivity index (χ1v) is 7.61. The average molecular weight is 305 g/mol. The largest absolute Gasteiger partial charge is 0.347 e. The van der Waals surface area contributed by atoms with Crippen molar-refractivity contribution in [1.29, 1.82) is 0 Å². The summed E-state index contributed by atoms with van der Waals surface area (Å²) in [5, 5.41) is 5.95. The number of amides is 2. The minimum atomic E-state index is -0.362. The van der Waals surface area contributed by atoms with Gasteiger partial charge in [-0.3, -0.25) is 9.59 Å². The molecule has 0 unspecified atom stereocenters. The van der Waals surface area contributed by atoms with Crippen molar-refractivity contribution >= 4 is 11.8 Å². The number of likely N-dealkylation sites (tertiary alicyclic amines) is 1. The zero-order valence-corrected chi connectivity index (χ0v) is 12.3. The molecule has 1 aromatic carbocycles. The summed E-state index contributed by atoms with van der Waals surface area (Å²) in [4.78, 5) is 25.8. The fourth-order valence-electron chi connectivity index (χ4n) is 3.24. The lowest BCUT2D eigenvalue weighted by Crippen LogP contribution is -2.40. The van der Waals surface area contributed by atoms with E-state index in [0.717, 1.165) is 26.2 Å². The first-order chi connectivity index (χ1) is 10.6. The van der Waals surface area contributed by atoms with Crippen molar-refractivity contribution in [2.75, 3.05) is 32.7 Å². The fourth-order valence-corrected chi connectivity index (χ4v) is 3.24. The third kappa shape index (κ3) is 3.44. The van der Waals surface area contributed by atoms with Crippen LogP contribution < -0.4 is 10.6 Å². The predicted molar refractivity (Wildman–Crippen MR) is 79.5 cm³/mol. The minimum Gasteiger partial charge on any atom is -0.347 e. The number of nitrogens with one attached hydrogen (secondary N) is 2. The first kappa shape index (κ1) is 15.0. The number of carbonyl (C=O) groups is 2. The number of benzene rings is 1. The molecule has 0 bridgehead atoms. The summed E-state index contributed by atoms with van der Waals surface area (Å²) in [6, 6.07) is 5.93. The van der Waals surface area contributed by atoms with Gasteiger partial charge in [-0.15, -0.1) is 0 Å². The molecule has 0 aliphatic carbocycles. The zero-order chi connectivity index (χ0) is 15.5. The summed E-state index contributed by atoms with van der Waals surface area (Å²) in [5.74, 6) is 0.430. The smallest absolute Gasteiger partial charge is 0.241 e. The monoisotopic (exact) mass is 305 g/mol. The molecule has 2 fully saturated rings. The number of carbonyl (C=O) groups excluding carboxylic acids is 2. The van der Waals surface area contributed by atoms with Gasteiger partial charge in [-0.2, -0.15) is 0 Å². The standard InChI is InChI=1S/C16H20FN3O2/c17-14-3-1-2-11(4-14)5-15(21)19-8-16(22)20-9-12-6-18-7-13(12)10-20/h1-4,12-13,18H,5-10H2,(H,19,21)/t12-,13+. The Hall–Kier alpha value is -1.95. The van der Waals surface area contributed by atoms with Crippen molar-refractivity contribution in [2.24, 2.45) is 11.8 Å². The van der Waals surface area contributed by atoms with Crippen LogP contribution in [-0.4, -0.2) is 49.4 Å². The van der Waals surface area contributed by atoms with Crippen LogP contribution in [0.15, 0.2) is 24.3 Å². The molecule has 2 atom stereocenters. The molecule has 0 radical (unpaired) electrons. The third-order valence-electron chi connectivity index (χ3n) is 4.43. The van der Waals surface area contributed by atoms with Crippen molar-refractivity contribution in [3.63, 3.8) is 0 Å². The second-order valence-corrected chi connectivity index (χ2v) is 6.06. The van der Waals surface area contributed by atoms with Crippen LogP contribution in [-0.2, 0) is 16.0 Å². The van der Waals surface area contributed by atoms with Gasteiger partial charge in [0.05, 0.1) is 13.0 Å². The molecular weight excluding hydrogens is 285 g/mol. The lowest BCUT2D eigenvalue weighted by Gasteiger charge is -2.17. The fraction of sp³-hybridized carbons (Fsp3) is 0.500. The highest BCUT2D eigenvalue weighted by Crippen LogP contribution is 2.25. The van der Waals surface area contributed by atoms with Crippen molar-refractivity contribution in [2.45, 2.75) is 6.42 Å². The average Bonchev–Trinajstić information content (AvgIpc) is 3.06. The number of halogens is 1. The van der Waals surface area contributed by atoms with Crippen LogP contribution in [0.3, 0.4) is 0 Å². The molecule has 2 aliphatic rings. The quantitative estimate of drug-likeness (QED) is 0.833. The van der Waals surface area contributed by atoms with E-state index in [1.165, 1.54) is 12.1 Å². The van der Waals surface area contributed by atoms with Crippen LogP contribution in [0.1, 0.15) is 5.56 Å². The highest BCUT2D eigenvalue weighted by molar-refractivity contribution is 5.85. The van der Waals surface area contributed by atoms with Crippen LogP contribution in [0.4, 0.5) is 4.39 Å². The summed E-state index contributed by atoms with van der Waals surface area (Å²) < 4.78 is 13.1. The van der Waals surface area contributed by atoms with Gasteiger partial charge in [-0.05, 0) is 29.5 Å². The third-order valence-corrected chi connectivity index (χ3v) is 4.43. The van der Waals surface area contributed by atoms with Gasteiger partial charge >= 0.3 is 0 Å². The molecule has 1 aromatic rings. The number of nitrogens with zero attached hydrogens (tertiary/aromatic N) is 1. The van der Waals surface area contributed by atoms with Crippen molar-refractivity contribution in [1.82, 2.24) is 15.5 Å². The lowest BCUT2D eigenvalue weighted by atomic mass is 10.0. The van der Waals surface area contributed by atoms with Gasteiger partial charge in [0.15, 0.2) is 0 Å². The van der Waals surface area contributed by atoms with Gasteiger partial charge in [0, 0.05) is 26.2 Å². The molecule has 118 valence electrons. The normalized spacial score (nSPS) is 23.4. The van der Waals surface area contributed by atoms with Crippen molar-refractivity contribution < 1.29 is 14.0 Å².